The van der Waals surface area contributed by atoms with Crippen LogP contribution in [0.3, 0.4) is 0 Å². The fourth-order valence-electron chi connectivity index (χ4n) is 4.84. The number of carbonyl (C=O) groups excluding carboxylic acids is 2. The summed E-state index contributed by atoms with van der Waals surface area (Å²) in [4.78, 5) is 28.7. The summed E-state index contributed by atoms with van der Waals surface area (Å²) in [5.74, 6) is -0.701. The molecule has 1 amide bonds. The number of benzene rings is 3. The molecule has 0 spiro atoms. The topological polar surface area (TPSA) is 98.4 Å². The van der Waals surface area contributed by atoms with Crippen molar-refractivity contribution in [1.82, 2.24) is 4.90 Å². The van der Waals surface area contributed by atoms with Crippen LogP contribution in [-0.2, 0) is 11.2 Å². The van der Waals surface area contributed by atoms with Crippen molar-refractivity contribution in [2.24, 2.45) is 0 Å². The van der Waals surface area contributed by atoms with Crippen molar-refractivity contribution in [1.29, 1.82) is 0 Å². The third-order valence-corrected chi connectivity index (χ3v) is 6.68. The van der Waals surface area contributed by atoms with E-state index in [1.807, 2.05) is 42.5 Å². The van der Waals surface area contributed by atoms with Crippen LogP contribution in [0.15, 0.2) is 88.5 Å². The van der Waals surface area contributed by atoms with Crippen molar-refractivity contribution in [2.75, 3.05) is 27.9 Å². The van der Waals surface area contributed by atoms with Crippen LogP contribution in [0.4, 0.5) is 0 Å². The number of nitrogens with zero attached hydrogens (tertiary/aromatic N) is 1. The molecule has 2 heterocycles. The fourth-order valence-corrected chi connectivity index (χ4v) is 4.84. The molecule has 0 fully saturated rings. The molecular weight excluding hydrogens is 486 g/mol. The number of ether oxygens (including phenoxy) is 3. The maximum absolute atomic E-state index is 13.8. The second-order valence-electron chi connectivity index (χ2n) is 8.84. The van der Waals surface area contributed by atoms with E-state index in [1.165, 1.54) is 26.2 Å². The zero-order valence-corrected chi connectivity index (χ0v) is 21.3. The summed E-state index contributed by atoms with van der Waals surface area (Å²) >= 11 is 0. The van der Waals surface area contributed by atoms with Crippen LogP contribution in [-0.4, -0.2) is 49.6 Å². The number of furan rings is 1. The summed E-state index contributed by atoms with van der Waals surface area (Å²) in [7, 11) is 4.47. The predicted molar refractivity (Wildman–Crippen MR) is 141 cm³/mol. The van der Waals surface area contributed by atoms with Gasteiger partial charge in [0, 0.05) is 11.9 Å². The van der Waals surface area contributed by atoms with E-state index < -0.39 is 23.5 Å². The molecule has 1 atom stereocenters. The lowest BCUT2D eigenvalue weighted by Gasteiger charge is -2.28. The molecule has 4 aromatic rings. The normalized spacial score (nSPS) is 15.3. The van der Waals surface area contributed by atoms with Gasteiger partial charge in [-0.2, -0.15) is 0 Å². The van der Waals surface area contributed by atoms with Crippen LogP contribution in [0, 0.1) is 0 Å². The molecule has 0 unspecified atom stereocenters. The largest absolute Gasteiger partial charge is 0.503 e. The maximum atomic E-state index is 13.8. The molecule has 8 nitrogen and oxygen atoms in total. The standard InChI is InChI=1S/C30H27NO7/c1-35-23-16-20(17-24(36-2)29(23)37-3)26-25(27(32)22-15-19-11-7-8-12-21(19)38-22)28(33)30(34)31(26)14-13-18-9-5-4-6-10-18/h4-12,15-17,26,33H,13-14H2,1-3H3/t26-/m0/s1. The SMILES string of the molecule is COc1cc([C@H]2C(C(=O)c3cc4ccccc4o3)=C(O)C(=O)N2CCc2ccccc2)cc(OC)c1OC. The second kappa shape index (κ2) is 10.3. The van der Waals surface area contributed by atoms with Crippen LogP contribution in [0.1, 0.15) is 27.7 Å². The molecule has 38 heavy (non-hydrogen) atoms. The molecule has 0 saturated carbocycles. The minimum atomic E-state index is -0.916. The van der Waals surface area contributed by atoms with Crippen LogP contribution in [0.25, 0.3) is 11.0 Å². The highest BCUT2D eigenvalue weighted by Crippen LogP contribution is 2.45. The number of methoxy groups -OCH3 is 3. The molecule has 8 heteroatoms. The summed E-state index contributed by atoms with van der Waals surface area (Å²) in [5, 5.41) is 11.8. The molecule has 5 rings (SSSR count). The van der Waals surface area contributed by atoms with Crippen molar-refractivity contribution in [3.05, 3.63) is 101 Å². The van der Waals surface area contributed by atoms with E-state index >= 15 is 0 Å². The number of ketones is 1. The van der Waals surface area contributed by atoms with E-state index in [1.54, 1.807) is 30.3 Å². The Kier molecular flexibility index (Phi) is 6.79. The van der Waals surface area contributed by atoms with Crippen molar-refractivity contribution in [3.63, 3.8) is 0 Å². The highest BCUT2D eigenvalue weighted by Gasteiger charge is 2.45. The lowest BCUT2D eigenvalue weighted by Crippen LogP contribution is -2.33. The number of carbonyl (C=O) groups is 2. The maximum Gasteiger partial charge on any atom is 0.290 e. The molecule has 194 valence electrons. The van der Waals surface area contributed by atoms with Gasteiger partial charge in [0.15, 0.2) is 23.0 Å². The van der Waals surface area contributed by atoms with E-state index in [0.717, 1.165) is 10.9 Å². The molecule has 1 N–H and O–H groups in total. The first-order valence-electron chi connectivity index (χ1n) is 12.1. The number of hydrogen-bond donors (Lipinski definition) is 1. The zero-order valence-electron chi connectivity index (χ0n) is 21.3. The Hall–Kier alpha value is -4.72. The first kappa shape index (κ1) is 25.0. The van der Waals surface area contributed by atoms with Crippen LogP contribution < -0.4 is 14.2 Å². The number of rotatable bonds is 9. The second-order valence-corrected chi connectivity index (χ2v) is 8.84. The summed E-state index contributed by atoms with van der Waals surface area (Å²) < 4.78 is 22.3. The van der Waals surface area contributed by atoms with Gasteiger partial charge >= 0.3 is 0 Å². The van der Waals surface area contributed by atoms with Crippen molar-refractivity contribution < 1.29 is 33.3 Å². The van der Waals surface area contributed by atoms with E-state index in [4.69, 9.17) is 18.6 Å². The van der Waals surface area contributed by atoms with Crippen LogP contribution >= 0.6 is 0 Å². The number of hydrogen-bond acceptors (Lipinski definition) is 7. The first-order chi connectivity index (χ1) is 18.5. The minimum absolute atomic E-state index is 0.0305. The summed E-state index contributed by atoms with van der Waals surface area (Å²) in [6.45, 7) is 0.255. The van der Waals surface area contributed by atoms with Crippen LogP contribution in [0.5, 0.6) is 17.2 Å². The number of aliphatic hydroxyl groups is 1. The smallest absolute Gasteiger partial charge is 0.290 e. The molecule has 0 bridgehead atoms. The van der Waals surface area contributed by atoms with Gasteiger partial charge in [0.2, 0.25) is 11.5 Å². The minimum Gasteiger partial charge on any atom is -0.503 e. The van der Waals surface area contributed by atoms with Gasteiger partial charge in [0.1, 0.15) is 5.58 Å². The first-order valence-corrected chi connectivity index (χ1v) is 12.1. The van der Waals surface area contributed by atoms with Gasteiger partial charge in [-0.15, -0.1) is 0 Å². The molecule has 0 saturated heterocycles. The average Bonchev–Trinajstić information content (AvgIpc) is 3.50. The van der Waals surface area contributed by atoms with Gasteiger partial charge in [-0.05, 0) is 41.8 Å². The summed E-state index contributed by atoms with van der Waals surface area (Å²) in [6, 6.07) is 21.0. The number of Topliss-reactive ketones (excluding diaryl/α,β-unsaturated/α-hetero) is 1. The third-order valence-electron chi connectivity index (χ3n) is 6.68. The van der Waals surface area contributed by atoms with Crippen LogP contribution in [0.2, 0.25) is 0 Å². The number of amides is 1. The quantitative estimate of drug-likeness (QED) is 0.304. The molecule has 0 aliphatic carbocycles. The number of aliphatic hydroxyl groups excluding tert-OH is 1. The van der Waals surface area contributed by atoms with Crippen molar-refractivity contribution in [2.45, 2.75) is 12.5 Å². The number of fused-ring (bicyclic) bond motifs is 1. The van der Waals surface area contributed by atoms with E-state index in [9.17, 15) is 14.7 Å². The third kappa shape index (κ3) is 4.34. The van der Waals surface area contributed by atoms with E-state index in [2.05, 4.69) is 0 Å². The molecule has 1 aliphatic heterocycles. The van der Waals surface area contributed by atoms with Gasteiger partial charge in [0.25, 0.3) is 5.91 Å². The summed E-state index contributed by atoms with van der Waals surface area (Å²) in [5.41, 5.74) is 1.99. The monoisotopic (exact) mass is 513 g/mol. The van der Waals surface area contributed by atoms with Crippen molar-refractivity contribution >= 4 is 22.7 Å². The van der Waals surface area contributed by atoms with Gasteiger partial charge in [-0.25, -0.2) is 0 Å². The summed E-state index contributed by atoms with van der Waals surface area (Å²) in [6.07, 6.45) is 0.521. The van der Waals surface area contributed by atoms with E-state index in [-0.39, 0.29) is 17.9 Å². The Balaban J connectivity index is 1.62. The average molecular weight is 514 g/mol. The molecular formula is C30H27NO7. The molecule has 0 radical (unpaired) electrons. The Labute approximate surface area is 219 Å². The Morgan fingerprint density at radius 2 is 1.58 bits per heavy atom. The highest BCUT2D eigenvalue weighted by molar-refractivity contribution is 6.16. The Bertz CT molecular complexity index is 1480. The van der Waals surface area contributed by atoms with Gasteiger partial charge in [0.05, 0.1) is 32.9 Å². The molecule has 1 aromatic heterocycles. The Morgan fingerprint density at radius 3 is 2.21 bits per heavy atom. The Morgan fingerprint density at radius 1 is 0.921 bits per heavy atom. The van der Waals surface area contributed by atoms with E-state index in [0.29, 0.717) is 34.8 Å². The zero-order chi connectivity index (χ0) is 26.8. The number of para-hydroxylation sites is 1. The molecule has 1 aliphatic rings. The highest BCUT2D eigenvalue weighted by atomic mass is 16.5. The lowest BCUT2D eigenvalue weighted by molar-refractivity contribution is -0.129. The fraction of sp³-hybridized carbons (Fsp3) is 0.200. The van der Waals surface area contributed by atoms with Gasteiger partial charge < -0.3 is 28.6 Å². The van der Waals surface area contributed by atoms with Gasteiger partial charge in [-0.1, -0.05) is 48.5 Å². The van der Waals surface area contributed by atoms with Crippen molar-refractivity contribution in [3.8, 4) is 17.2 Å². The predicted octanol–water partition coefficient (Wildman–Crippen LogP) is 5.28. The van der Waals surface area contributed by atoms with Gasteiger partial charge in [-0.3, -0.25) is 9.59 Å². The molecule has 3 aromatic carbocycles. The lowest BCUT2D eigenvalue weighted by atomic mass is 9.94.